The first-order valence-electron chi connectivity index (χ1n) is 9.71. The second kappa shape index (κ2) is 9.33. The smallest absolute Gasteiger partial charge is 0.409 e. The van der Waals surface area contributed by atoms with Gasteiger partial charge < -0.3 is 14.5 Å². The van der Waals surface area contributed by atoms with Gasteiger partial charge in [0.05, 0.1) is 29.6 Å². The molecule has 2 saturated heterocycles. The minimum absolute atomic E-state index is 0.0407. The molecule has 3 rings (SSSR count). The number of carbonyl (C=O) groups is 2. The number of carbonyl (C=O) groups excluding carboxylic acids is 2. The number of halogens is 2. The Labute approximate surface area is 176 Å². The summed E-state index contributed by atoms with van der Waals surface area (Å²) in [6.45, 7) is 5.67. The molecule has 0 aliphatic carbocycles. The zero-order chi connectivity index (χ0) is 20.3. The molecule has 0 radical (unpaired) electrons. The lowest BCUT2D eigenvalue weighted by Crippen LogP contribution is -2.62. The summed E-state index contributed by atoms with van der Waals surface area (Å²) in [5, 5.41) is 0.926. The van der Waals surface area contributed by atoms with Gasteiger partial charge in [0, 0.05) is 25.7 Å². The van der Waals surface area contributed by atoms with Crippen molar-refractivity contribution < 1.29 is 14.3 Å². The number of rotatable bonds is 4. The fraction of sp³-hybridized carbons (Fsp3) is 0.600. The van der Waals surface area contributed by atoms with Crippen molar-refractivity contribution in [3.63, 3.8) is 0 Å². The maximum atomic E-state index is 13.1. The average Bonchev–Trinajstić information content (AvgIpc) is 3.24. The van der Waals surface area contributed by atoms with Crippen LogP contribution in [0.1, 0.15) is 25.3 Å². The minimum atomic E-state index is -0.338. The number of benzene rings is 1. The molecule has 28 heavy (non-hydrogen) atoms. The van der Waals surface area contributed by atoms with Gasteiger partial charge in [-0.15, -0.1) is 0 Å². The van der Waals surface area contributed by atoms with Gasteiger partial charge in [-0.1, -0.05) is 29.3 Å². The number of amides is 2. The Morgan fingerprint density at radius 3 is 2.50 bits per heavy atom. The van der Waals surface area contributed by atoms with Crippen LogP contribution in [0, 0.1) is 0 Å². The molecule has 1 unspecified atom stereocenters. The first kappa shape index (κ1) is 21.2. The maximum Gasteiger partial charge on any atom is 0.409 e. The van der Waals surface area contributed by atoms with Crippen molar-refractivity contribution in [1.82, 2.24) is 14.7 Å². The third kappa shape index (κ3) is 4.73. The molecule has 154 valence electrons. The molecule has 0 spiro atoms. The van der Waals surface area contributed by atoms with E-state index in [1.165, 1.54) is 20.0 Å². The standard InChI is InChI=1S/C20H27Cl2N3O3/c1-14(23-7-3-4-8-23)18-13-24(20(27)28-2)9-10-25(18)19(26)12-15-5-6-16(21)17(22)11-15/h5-6,11,14,18H,3-4,7-10,12-13H2,1-2H3/t14-,18?/m1/s1. The molecular weight excluding hydrogens is 401 g/mol. The van der Waals surface area contributed by atoms with Gasteiger partial charge in [0.25, 0.3) is 0 Å². The predicted octanol–water partition coefficient (Wildman–Crippen LogP) is 3.30. The molecule has 2 amide bonds. The van der Waals surface area contributed by atoms with Crippen molar-refractivity contribution in [2.45, 2.75) is 38.3 Å². The van der Waals surface area contributed by atoms with Crippen LogP contribution in [0.5, 0.6) is 0 Å². The lowest BCUT2D eigenvalue weighted by molar-refractivity contribution is -0.137. The van der Waals surface area contributed by atoms with Gasteiger partial charge in [-0.25, -0.2) is 4.79 Å². The highest BCUT2D eigenvalue weighted by molar-refractivity contribution is 6.42. The Morgan fingerprint density at radius 2 is 1.86 bits per heavy atom. The lowest BCUT2D eigenvalue weighted by Gasteiger charge is -2.45. The van der Waals surface area contributed by atoms with Crippen LogP contribution in [-0.2, 0) is 16.0 Å². The van der Waals surface area contributed by atoms with Crippen molar-refractivity contribution in [3.8, 4) is 0 Å². The molecule has 1 aromatic rings. The van der Waals surface area contributed by atoms with Crippen LogP contribution >= 0.6 is 23.2 Å². The molecule has 0 N–H and O–H groups in total. The Kier molecular flexibility index (Phi) is 7.07. The van der Waals surface area contributed by atoms with Gasteiger partial charge in [0.2, 0.25) is 5.91 Å². The molecular formula is C20H27Cl2N3O3. The van der Waals surface area contributed by atoms with E-state index < -0.39 is 0 Å². The van der Waals surface area contributed by atoms with Gasteiger partial charge in [0.15, 0.2) is 0 Å². The highest BCUT2D eigenvalue weighted by Crippen LogP contribution is 2.25. The fourth-order valence-corrected chi connectivity index (χ4v) is 4.47. The maximum absolute atomic E-state index is 13.1. The van der Waals surface area contributed by atoms with Crippen molar-refractivity contribution in [2.75, 3.05) is 39.8 Å². The van der Waals surface area contributed by atoms with E-state index in [2.05, 4.69) is 11.8 Å². The summed E-state index contributed by atoms with van der Waals surface area (Å²) in [7, 11) is 1.39. The van der Waals surface area contributed by atoms with Gasteiger partial charge in [-0.2, -0.15) is 0 Å². The van der Waals surface area contributed by atoms with Crippen LogP contribution in [0.4, 0.5) is 4.79 Å². The van der Waals surface area contributed by atoms with Crippen molar-refractivity contribution in [2.24, 2.45) is 0 Å². The first-order valence-corrected chi connectivity index (χ1v) is 10.5. The molecule has 2 atom stereocenters. The number of hydrogen-bond acceptors (Lipinski definition) is 4. The van der Waals surface area contributed by atoms with Crippen LogP contribution in [-0.4, -0.2) is 78.6 Å². The first-order chi connectivity index (χ1) is 13.4. The number of piperazine rings is 1. The molecule has 1 aromatic carbocycles. The van der Waals surface area contributed by atoms with E-state index >= 15 is 0 Å². The number of methoxy groups -OCH3 is 1. The zero-order valence-corrected chi connectivity index (χ0v) is 17.9. The van der Waals surface area contributed by atoms with Crippen molar-refractivity contribution >= 4 is 35.2 Å². The van der Waals surface area contributed by atoms with Crippen LogP contribution in [0.25, 0.3) is 0 Å². The van der Waals surface area contributed by atoms with E-state index in [1.54, 1.807) is 17.0 Å². The normalized spacial score (nSPS) is 21.6. The highest BCUT2D eigenvalue weighted by atomic mass is 35.5. The third-order valence-corrected chi connectivity index (χ3v) is 6.52. The molecule has 6 nitrogen and oxygen atoms in total. The van der Waals surface area contributed by atoms with Crippen LogP contribution in [0.15, 0.2) is 18.2 Å². The molecule has 2 aliphatic heterocycles. The topological polar surface area (TPSA) is 53.1 Å². The third-order valence-electron chi connectivity index (χ3n) is 5.78. The largest absolute Gasteiger partial charge is 0.453 e. The quantitative estimate of drug-likeness (QED) is 0.739. The van der Waals surface area contributed by atoms with E-state index in [1.807, 2.05) is 11.0 Å². The van der Waals surface area contributed by atoms with Gasteiger partial charge >= 0.3 is 6.09 Å². The van der Waals surface area contributed by atoms with Crippen molar-refractivity contribution in [1.29, 1.82) is 0 Å². The average molecular weight is 428 g/mol. The number of ether oxygens (including phenoxy) is 1. The van der Waals surface area contributed by atoms with E-state index in [4.69, 9.17) is 27.9 Å². The summed E-state index contributed by atoms with van der Waals surface area (Å²) in [5.41, 5.74) is 0.836. The van der Waals surface area contributed by atoms with E-state index in [-0.39, 0.29) is 30.5 Å². The molecule has 0 aromatic heterocycles. The summed E-state index contributed by atoms with van der Waals surface area (Å²) in [6, 6.07) is 5.39. The Balaban J connectivity index is 1.76. The van der Waals surface area contributed by atoms with E-state index in [0.29, 0.717) is 29.7 Å². The highest BCUT2D eigenvalue weighted by Gasteiger charge is 2.38. The summed E-state index contributed by atoms with van der Waals surface area (Å²) >= 11 is 12.1. The van der Waals surface area contributed by atoms with Gasteiger partial charge in [0.1, 0.15) is 0 Å². The number of likely N-dealkylation sites (tertiary alicyclic amines) is 1. The second-order valence-corrected chi connectivity index (χ2v) is 8.29. The SMILES string of the molecule is COC(=O)N1CCN(C(=O)Cc2ccc(Cl)c(Cl)c2)C([C@@H](C)N2CCCC2)C1. The summed E-state index contributed by atoms with van der Waals surface area (Å²) in [5.74, 6) is 0.0407. The summed E-state index contributed by atoms with van der Waals surface area (Å²) in [6.07, 6.45) is 2.28. The fourth-order valence-electron chi connectivity index (χ4n) is 4.15. The van der Waals surface area contributed by atoms with Crippen molar-refractivity contribution in [3.05, 3.63) is 33.8 Å². The zero-order valence-electron chi connectivity index (χ0n) is 16.4. The molecule has 2 fully saturated rings. The van der Waals surface area contributed by atoms with E-state index in [0.717, 1.165) is 18.7 Å². The Morgan fingerprint density at radius 1 is 1.14 bits per heavy atom. The van der Waals surface area contributed by atoms with Gasteiger partial charge in [-0.05, 0) is 50.6 Å². The molecule has 0 saturated carbocycles. The summed E-state index contributed by atoms with van der Waals surface area (Å²) < 4.78 is 4.90. The predicted molar refractivity (Wildman–Crippen MR) is 110 cm³/mol. The van der Waals surface area contributed by atoms with E-state index in [9.17, 15) is 9.59 Å². The van der Waals surface area contributed by atoms with Crippen LogP contribution < -0.4 is 0 Å². The van der Waals surface area contributed by atoms with Crippen LogP contribution in [0.3, 0.4) is 0 Å². The monoisotopic (exact) mass is 427 g/mol. The summed E-state index contributed by atoms with van der Waals surface area (Å²) in [4.78, 5) is 31.2. The second-order valence-electron chi connectivity index (χ2n) is 7.48. The Bertz CT molecular complexity index is 725. The minimum Gasteiger partial charge on any atom is -0.453 e. The van der Waals surface area contributed by atoms with Gasteiger partial charge in [-0.3, -0.25) is 9.69 Å². The van der Waals surface area contributed by atoms with Crippen LogP contribution in [0.2, 0.25) is 10.0 Å². The molecule has 2 heterocycles. The molecule has 0 bridgehead atoms. The lowest BCUT2D eigenvalue weighted by atomic mass is 10.0. The molecule has 2 aliphatic rings. The Hall–Kier alpha value is -1.50. The number of hydrogen-bond donors (Lipinski definition) is 0. The molecule has 8 heteroatoms. The number of nitrogens with zero attached hydrogens (tertiary/aromatic N) is 3.